The Morgan fingerprint density at radius 1 is 1.62 bits per heavy atom. The molecule has 0 bridgehead atoms. The summed E-state index contributed by atoms with van der Waals surface area (Å²) in [7, 11) is 0. The number of hydrogen-bond acceptors (Lipinski definition) is 3. The molecular weight excluding hydrogens is 180 g/mol. The molecule has 0 radical (unpaired) electrons. The van der Waals surface area contributed by atoms with Gasteiger partial charge in [0.15, 0.2) is 0 Å². The zero-order valence-corrected chi connectivity index (χ0v) is 8.86. The molecule has 0 amide bonds. The lowest BCUT2D eigenvalue weighted by Crippen LogP contribution is -2.10. The predicted octanol–water partition coefficient (Wildman–Crippen LogP) is 2.52. The zero-order chi connectivity index (χ0) is 9.10. The van der Waals surface area contributed by atoms with E-state index in [1.165, 1.54) is 29.1 Å². The van der Waals surface area contributed by atoms with E-state index in [0.717, 1.165) is 19.0 Å². The quantitative estimate of drug-likeness (QED) is 0.800. The van der Waals surface area contributed by atoms with Gasteiger partial charge in [0.2, 0.25) is 0 Å². The van der Waals surface area contributed by atoms with Crippen LogP contribution in [0.5, 0.6) is 0 Å². The first-order valence-electron chi connectivity index (χ1n) is 5.05. The van der Waals surface area contributed by atoms with Crippen LogP contribution < -0.4 is 5.32 Å². The summed E-state index contributed by atoms with van der Waals surface area (Å²) in [6.07, 6.45) is 6.14. The van der Waals surface area contributed by atoms with Crippen LogP contribution in [0.4, 0.5) is 0 Å². The van der Waals surface area contributed by atoms with Crippen molar-refractivity contribution in [2.75, 3.05) is 6.54 Å². The van der Waals surface area contributed by atoms with Crippen LogP contribution in [-0.4, -0.2) is 11.5 Å². The number of nitrogens with one attached hydrogen (secondary N) is 1. The highest BCUT2D eigenvalue weighted by Gasteiger charge is 2.22. The molecule has 0 spiro atoms. The predicted molar refractivity (Wildman–Crippen MR) is 56.1 cm³/mol. The van der Waals surface area contributed by atoms with Gasteiger partial charge in [-0.1, -0.05) is 13.3 Å². The van der Waals surface area contributed by atoms with E-state index in [0.29, 0.717) is 0 Å². The first-order valence-corrected chi connectivity index (χ1v) is 5.87. The summed E-state index contributed by atoms with van der Waals surface area (Å²) in [5, 5.41) is 4.68. The van der Waals surface area contributed by atoms with Crippen LogP contribution >= 0.6 is 11.3 Å². The van der Waals surface area contributed by atoms with E-state index in [1.807, 2.05) is 17.5 Å². The second-order valence-electron chi connectivity index (χ2n) is 3.57. The summed E-state index contributed by atoms with van der Waals surface area (Å²) in [5.41, 5.74) is 0. The molecule has 1 fully saturated rings. The summed E-state index contributed by atoms with van der Waals surface area (Å²) in [6, 6.07) is 0. The molecule has 3 heteroatoms. The first kappa shape index (κ1) is 9.16. The van der Waals surface area contributed by atoms with E-state index in [4.69, 9.17) is 0 Å². The normalized spacial score (nSPS) is 17.3. The summed E-state index contributed by atoms with van der Waals surface area (Å²) >= 11 is 1.88. The number of hydrogen-bond donors (Lipinski definition) is 1. The minimum Gasteiger partial charge on any atom is -0.312 e. The molecule has 0 aromatic carbocycles. The number of aromatic nitrogens is 1. The van der Waals surface area contributed by atoms with Crippen molar-refractivity contribution in [1.82, 2.24) is 10.3 Å². The van der Waals surface area contributed by atoms with Crippen molar-refractivity contribution in [3.63, 3.8) is 0 Å². The van der Waals surface area contributed by atoms with Gasteiger partial charge in [-0.3, -0.25) is 0 Å². The largest absolute Gasteiger partial charge is 0.312 e. The van der Waals surface area contributed by atoms with Crippen molar-refractivity contribution in [1.29, 1.82) is 0 Å². The van der Waals surface area contributed by atoms with Gasteiger partial charge < -0.3 is 5.32 Å². The second-order valence-corrected chi connectivity index (χ2v) is 4.72. The van der Waals surface area contributed by atoms with Crippen LogP contribution in [0.1, 0.15) is 42.0 Å². The molecule has 0 saturated heterocycles. The van der Waals surface area contributed by atoms with Gasteiger partial charge in [0, 0.05) is 23.5 Å². The Labute approximate surface area is 83.4 Å². The van der Waals surface area contributed by atoms with E-state index in [2.05, 4.69) is 17.2 Å². The van der Waals surface area contributed by atoms with Gasteiger partial charge in [0.1, 0.15) is 0 Å². The van der Waals surface area contributed by atoms with Crippen molar-refractivity contribution in [3.05, 3.63) is 16.1 Å². The maximum absolute atomic E-state index is 4.47. The minimum atomic E-state index is 0.792. The van der Waals surface area contributed by atoms with Crippen LogP contribution in [0.3, 0.4) is 0 Å². The third kappa shape index (κ3) is 2.09. The smallest absolute Gasteiger partial charge is 0.0959 e. The molecule has 0 atom stereocenters. The third-order valence-electron chi connectivity index (χ3n) is 2.58. The molecule has 2 rings (SSSR count). The highest BCUT2D eigenvalue weighted by atomic mass is 32.1. The Hall–Kier alpha value is -0.410. The first-order chi connectivity index (χ1) is 6.40. The fourth-order valence-corrected chi connectivity index (χ4v) is 2.55. The maximum atomic E-state index is 4.47. The van der Waals surface area contributed by atoms with Gasteiger partial charge in [0.05, 0.1) is 5.01 Å². The molecule has 1 saturated carbocycles. The van der Waals surface area contributed by atoms with Crippen molar-refractivity contribution < 1.29 is 0 Å². The molecule has 1 aromatic rings. The number of rotatable bonds is 4. The second kappa shape index (κ2) is 4.20. The van der Waals surface area contributed by atoms with Crippen molar-refractivity contribution in [3.8, 4) is 0 Å². The van der Waals surface area contributed by atoms with Crippen molar-refractivity contribution in [2.45, 2.75) is 38.6 Å². The molecule has 1 aromatic heterocycles. The number of thiazole rings is 1. The van der Waals surface area contributed by atoms with E-state index in [9.17, 15) is 0 Å². The SMILES string of the molecule is CCNCc1cnc(C2CCC2)s1. The van der Waals surface area contributed by atoms with Crippen LogP contribution in [0.15, 0.2) is 6.20 Å². The maximum Gasteiger partial charge on any atom is 0.0959 e. The monoisotopic (exact) mass is 196 g/mol. The van der Waals surface area contributed by atoms with Crippen molar-refractivity contribution >= 4 is 11.3 Å². The molecule has 1 heterocycles. The Morgan fingerprint density at radius 2 is 2.46 bits per heavy atom. The van der Waals surface area contributed by atoms with Crippen molar-refractivity contribution in [2.24, 2.45) is 0 Å². The van der Waals surface area contributed by atoms with Crippen LogP contribution in [-0.2, 0) is 6.54 Å². The van der Waals surface area contributed by atoms with Crippen LogP contribution in [0.25, 0.3) is 0 Å². The lowest BCUT2D eigenvalue weighted by atomic mass is 9.86. The molecule has 72 valence electrons. The Kier molecular flexibility index (Phi) is 2.96. The standard InChI is InChI=1S/C10H16N2S/c1-2-11-6-9-7-12-10(13-9)8-4-3-5-8/h7-8,11H,2-6H2,1H3. The minimum absolute atomic E-state index is 0.792. The molecule has 2 nitrogen and oxygen atoms in total. The van der Waals surface area contributed by atoms with Gasteiger partial charge in [-0.25, -0.2) is 4.98 Å². The lowest BCUT2D eigenvalue weighted by molar-refractivity contribution is 0.418. The summed E-state index contributed by atoms with van der Waals surface area (Å²) in [4.78, 5) is 5.85. The summed E-state index contributed by atoms with van der Waals surface area (Å²) in [6.45, 7) is 4.16. The molecule has 13 heavy (non-hydrogen) atoms. The lowest BCUT2D eigenvalue weighted by Gasteiger charge is -2.22. The molecule has 1 aliphatic rings. The molecule has 1 aliphatic carbocycles. The van der Waals surface area contributed by atoms with Crippen LogP contribution in [0, 0.1) is 0 Å². The van der Waals surface area contributed by atoms with E-state index in [1.54, 1.807) is 0 Å². The van der Waals surface area contributed by atoms with Gasteiger partial charge in [-0.2, -0.15) is 0 Å². The Balaban J connectivity index is 1.92. The average Bonchev–Trinajstić information content (AvgIpc) is 2.46. The molecule has 0 unspecified atom stereocenters. The third-order valence-corrected chi connectivity index (χ3v) is 3.73. The zero-order valence-electron chi connectivity index (χ0n) is 8.05. The molecule has 0 aliphatic heterocycles. The van der Waals surface area contributed by atoms with Gasteiger partial charge in [-0.15, -0.1) is 11.3 Å². The fourth-order valence-electron chi connectivity index (χ4n) is 1.50. The average molecular weight is 196 g/mol. The van der Waals surface area contributed by atoms with E-state index >= 15 is 0 Å². The van der Waals surface area contributed by atoms with Crippen LogP contribution in [0.2, 0.25) is 0 Å². The van der Waals surface area contributed by atoms with Gasteiger partial charge in [0.25, 0.3) is 0 Å². The molecule has 1 N–H and O–H groups in total. The summed E-state index contributed by atoms with van der Waals surface area (Å²) in [5.74, 6) is 0.792. The summed E-state index contributed by atoms with van der Waals surface area (Å²) < 4.78 is 0. The highest BCUT2D eigenvalue weighted by Crippen LogP contribution is 2.38. The molecular formula is C10H16N2S. The Morgan fingerprint density at radius 3 is 3.08 bits per heavy atom. The van der Waals surface area contributed by atoms with Gasteiger partial charge >= 0.3 is 0 Å². The Bertz CT molecular complexity index is 266. The topological polar surface area (TPSA) is 24.9 Å². The van der Waals surface area contributed by atoms with E-state index < -0.39 is 0 Å². The van der Waals surface area contributed by atoms with Gasteiger partial charge in [-0.05, 0) is 19.4 Å². The highest BCUT2D eigenvalue weighted by molar-refractivity contribution is 7.11. The van der Waals surface area contributed by atoms with E-state index in [-0.39, 0.29) is 0 Å². The number of nitrogens with zero attached hydrogens (tertiary/aromatic N) is 1. The fraction of sp³-hybridized carbons (Fsp3) is 0.700.